The first-order valence-corrected chi connectivity index (χ1v) is 8.93. The lowest BCUT2D eigenvalue weighted by molar-refractivity contribution is -0.125. The molecule has 0 atom stereocenters. The first-order valence-electron chi connectivity index (χ1n) is 8.93. The van der Waals surface area contributed by atoms with E-state index < -0.39 is 0 Å². The van der Waals surface area contributed by atoms with Crippen molar-refractivity contribution in [3.63, 3.8) is 0 Å². The van der Waals surface area contributed by atoms with Crippen LogP contribution < -0.4 is 24.8 Å². The summed E-state index contributed by atoms with van der Waals surface area (Å²) in [5, 5.41) is 5.41. The zero-order valence-electron chi connectivity index (χ0n) is 16.4. The quantitative estimate of drug-likeness (QED) is 0.650. The zero-order chi connectivity index (χ0) is 20.4. The number of amides is 2. The molecule has 0 saturated carbocycles. The number of hydrogen-bond acceptors (Lipinski definition) is 5. The second kappa shape index (κ2) is 10.8. The van der Waals surface area contributed by atoms with Gasteiger partial charge in [-0.05, 0) is 41.8 Å². The summed E-state index contributed by atoms with van der Waals surface area (Å²) >= 11 is 0. The van der Waals surface area contributed by atoms with E-state index in [4.69, 9.17) is 14.2 Å². The number of hydrogen-bond donors (Lipinski definition) is 2. The van der Waals surface area contributed by atoms with Gasteiger partial charge in [0.1, 0.15) is 5.75 Å². The highest BCUT2D eigenvalue weighted by molar-refractivity contribution is 5.85. The molecule has 2 N–H and O–H groups in total. The Hall–Kier alpha value is -3.22. The van der Waals surface area contributed by atoms with Crippen LogP contribution in [-0.2, 0) is 22.4 Å². The van der Waals surface area contributed by atoms with E-state index >= 15 is 0 Å². The Balaban J connectivity index is 1.72. The van der Waals surface area contributed by atoms with Crippen molar-refractivity contribution in [1.82, 2.24) is 10.6 Å². The number of methoxy groups -OCH3 is 3. The van der Waals surface area contributed by atoms with E-state index in [1.807, 2.05) is 24.3 Å². The fraction of sp³-hybridized carbons (Fsp3) is 0.333. The summed E-state index contributed by atoms with van der Waals surface area (Å²) in [6.07, 6.45) is 0.833. The van der Waals surface area contributed by atoms with Crippen LogP contribution in [0.3, 0.4) is 0 Å². The van der Waals surface area contributed by atoms with Crippen molar-refractivity contribution in [2.75, 3.05) is 34.4 Å². The first kappa shape index (κ1) is 21.1. The highest BCUT2D eigenvalue weighted by atomic mass is 16.5. The predicted octanol–water partition coefficient (Wildman–Crippen LogP) is 1.73. The van der Waals surface area contributed by atoms with Crippen LogP contribution in [0.4, 0.5) is 0 Å². The lowest BCUT2D eigenvalue weighted by Gasteiger charge is -2.10. The Morgan fingerprint density at radius 3 is 2.32 bits per heavy atom. The molecule has 2 amide bonds. The normalized spacial score (nSPS) is 10.1. The molecule has 0 aliphatic carbocycles. The molecular formula is C21H26N2O5. The predicted molar refractivity (Wildman–Crippen MR) is 106 cm³/mol. The van der Waals surface area contributed by atoms with Gasteiger partial charge in [0.2, 0.25) is 11.8 Å². The number of carbonyl (C=O) groups is 2. The maximum Gasteiger partial charge on any atom is 0.239 e. The zero-order valence-corrected chi connectivity index (χ0v) is 16.4. The summed E-state index contributed by atoms with van der Waals surface area (Å²) in [6.45, 7) is 0.418. The molecule has 0 spiro atoms. The highest BCUT2D eigenvalue weighted by Gasteiger charge is 2.10. The molecule has 2 aromatic rings. The molecule has 0 saturated heterocycles. The molecule has 0 fully saturated rings. The number of nitrogens with one attached hydrogen (secondary N) is 2. The van der Waals surface area contributed by atoms with Crippen LogP contribution in [0, 0.1) is 0 Å². The van der Waals surface area contributed by atoms with Crippen LogP contribution in [0.5, 0.6) is 17.2 Å². The monoisotopic (exact) mass is 386 g/mol. The van der Waals surface area contributed by atoms with Crippen LogP contribution >= 0.6 is 0 Å². The van der Waals surface area contributed by atoms with Gasteiger partial charge >= 0.3 is 0 Å². The molecule has 0 bridgehead atoms. The van der Waals surface area contributed by atoms with Crippen LogP contribution in [0.2, 0.25) is 0 Å². The molecule has 0 radical (unpaired) electrons. The Morgan fingerprint density at radius 2 is 1.61 bits per heavy atom. The van der Waals surface area contributed by atoms with E-state index in [1.54, 1.807) is 32.4 Å². The summed E-state index contributed by atoms with van der Waals surface area (Å²) in [5.41, 5.74) is 1.84. The number of rotatable bonds is 10. The van der Waals surface area contributed by atoms with Gasteiger partial charge in [-0.1, -0.05) is 18.2 Å². The fourth-order valence-electron chi connectivity index (χ4n) is 2.65. The fourth-order valence-corrected chi connectivity index (χ4v) is 2.65. The van der Waals surface area contributed by atoms with E-state index in [2.05, 4.69) is 10.6 Å². The van der Waals surface area contributed by atoms with Gasteiger partial charge in [0.05, 0.1) is 34.3 Å². The summed E-state index contributed by atoms with van der Waals surface area (Å²) in [5.74, 6) is 1.47. The highest BCUT2D eigenvalue weighted by Crippen LogP contribution is 2.27. The third-order valence-corrected chi connectivity index (χ3v) is 4.13. The smallest absolute Gasteiger partial charge is 0.239 e. The van der Waals surface area contributed by atoms with Crippen LogP contribution in [0.15, 0.2) is 42.5 Å². The Labute approximate surface area is 165 Å². The molecule has 2 aromatic carbocycles. The Kier molecular flexibility index (Phi) is 8.14. The van der Waals surface area contributed by atoms with Crippen LogP contribution in [0.25, 0.3) is 0 Å². The summed E-state index contributed by atoms with van der Waals surface area (Å²) in [4.78, 5) is 24.0. The van der Waals surface area contributed by atoms with Crippen molar-refractivity contribution in [3.8, 4) is 17.2 Å². The molecule has 0 heterocycles. The molecule has 150 valence electrons. The summed E-state index contributed by atoms with van der Waals surface area (Å²) in [7, 11) is 4.71. The second-order valence-corrected chi connectivity index (χ2v) is 6.09. The van der Waals surface area contributed by atoms with E-state index in [1.165, 1.54) is 7.11 Å². The maximum absolute atomic E-state index is 12.1. The standard InChI is InChI=1S/C21H26N2O5/c1-26-17-6-4-5-15(11-17)9-10-22-21(25)14-23-20(24)13-16-7-8-18(27-2)19(12-16)28-3/h4-8,11-12H,9-10,13-14H2,1-3H3,(H,22,25)(H,23,24). The third kappa shape index (κ3) is 6.50. The molecular weight excluding hydrogens is 360 g/mol. The Bertz CT molecular complexity index is 807. The molecule has 2 rings (SSSR count). The van der Waals surface area contributed by atoms with Gasteiger partial charge in [0, 0.05) is 6.54 Å². The number of ether oxygens (including phenoxy) is 3. The third-order valence-electron chi connectivity index (χ3n) is 4.13. The number of carbonyl (C=O) groups excluding carboxylic acids is 2. The molecule has 0 aliphatic heterocycles. The average Bonchev–Trinajstić information content (AvgIpc) is 2.72. The minimum Gasteiger partial charge on any atom is -0.497 e. The van der Waals surface area contributed by atoms with Gasteiger partial charge in [-0.15, -0.1) is 0 Å². The summed E-state index contributed by atoms with van der Waals surface area (Å²) < 4.78 is 15.6. The van der Waals surface area contributed by atoms with Gasteiger partial charge in [-0.25, -0.2) is 0 Å². The van der Waals surface area contributed by atoms with Crippen molar-refractivity contribution < 1.29 is 23.8 Å². The van der Waals surface area contributed by atoms with E-state index in [0.717, 1.165) is 16.9 Å². The van der Waals surface area contributed by atoms with Gasteiger partial charge in [-0.2, -0.15) is 0 Å². The molecule has 0 aliphatic rings. The van der Waals surface area contributed by atoms with Crippen molar-refractivity contribution in [2.24, 2.45) is 0 Å². The van der Waals surface area contributed by atoms with E-state index in [0.29, 0.717) is 24.5 Å². The second-order valence-electron chi connectivity index (χ2n) is 6.09. The van der Waals surface area contributed by atoms with Gasteiger partial charge in [0.15, 0.2) is 11.5 Å². The largest absolute Gasteiger partial charge is 0.497 e. The minimum atomic E-state index is -0.241. The summed E-state index contributed by atoms with van der Waals surface area (Å²) in [6, 6.07) is 12.9. The lowest BCUT2D eigenvalue weighted by Crippen LogP contribution is -2.38. The molecule has 7 nitrogen and oxygen atoms in total. The molecule has 0 unspecified atom stereocenters. The van der Waals surface area contributed by atoms with Crippen molar-refractivity contribution >= 4 is 11.8 Å². The first-order chi connectivity index (χ1) is 13.5. The SMILES string of the molecule is COc1cccc(CCNC(=O)CNC(=O)Cc2ccc(OC)c(OC)c2)c1. The molecule has 28 heavy (non-hydrogen) atoms. The van der Waals surface area contributed by atoms with Crippen molar-refractivity contribution in [3.05, 3.63) is 53.6 Å². The minimum absolute atomic E-state index is 0.0652. The van der Waals surface area contributed by atoms with Crippen LogP contribution in [0.1, 0.15) is 11.1 Å². The van der Waals surface area contributed by atoms with Gasteiger partial charge in [-0.3, -0.25) is 9.59 Å². The maximum atomic E-state index is 12.1. The van der Waals surface area contributed by atoms with Crippen molar-refractivity contribution in [1.29, 1.82) is 0 Å². The lowest BCUT2D eigenvalue weighted by atomic mass is 10.1. The number of benzene rings is 2. The van der Waals surface area contributed by atoms with Crippen LogP contribution in [-0.4, -0.2) is 46.2 Å². The molecule has 7 heteroatoms. The topological polar surface area (TPSA) is 85.9 Å². The average molecular weight is 386 g/mol. The van der Waals surface area contributed by atoms with Crippen molar-refractivity contribution in [2.45, 2.75) is 12.8 Å². The van der Waals surface area contributed by atoms with Gasteiger partial charge < -0.3 is 24.8 Å². The Morgan fingerprint density at radius 1 is 0.821 bits per heavy atom. The van der Waals surface area contributed by atoms with E-state index in [9.17, 15) is 9.59 Å². The van der Waals surface area contributed by atoms with E-state index in [-0.39, 0.29) is 24.8 Å². The molecule has 0 aromatic heterocycles. The van der Waals surface area contributed by atoms with Gasteiger partial charge in [0.25, 0.3) is 0 Å².